The van der Waals surface area contributed by atoms with Crippen LogP contribution >= 0.6 is 12.6 Å². The van der Waals surface area contributed by atoms with Gasteiger partial charge >= 0.3 is 0 Å². The molecule has 0 fully saturated rings. The number of thiol groups is 1. The Morgan fingerprint density at radius 2 is 1.92 bits per heavy atom. The molecule has 1 rings (SSSR count). The van der Waals surface area contributed by atoms with E-state index in [4.69, 9.17) is 0 Å². The predicted molar refractivity (Wildman–Crippen MR) is 58.5 cm³/mol. The summed E-state index contributed by atoms with van der Waals surface area (Å²) in [4.78, 5) is 11.0. The molecule has 0 saturated carbocycles. The van der Waals surface area contributed by atoms with Gasteiger partial charge in [-0.2, -0.15) is 12.6 Å². The standard InChI is InChI=1S/C11H14OS/c1-3-11(13)10-6-4-9(5-7-10)8(2)12/h4-7,11,13H,3H2,1-2H3. The summed E-state index contributed by atoms with van der Waals surface area (Å²) in [5.74, 6) is 0.110. The number of Topliss-reactive ketones (excluding diaryl/α,β-unsaturated/α-hetero) is 1. The Bertz CT molecular complexity index is 289. The lowest BCUT2D eigenvalue weighted by Gasteiger charge is -2.07. The minimum absolute atomic E-state index is 0.110. The van der Waals surface area contributed by atoms with Crippen LogP contribution in [-0.4, -0.2) is 5.78 Å². The SMILES string of the molecule is CCC(S)c1ccc(C(C)=O)cc1. The highest BCUT2D eigenvalue weighted by molar-refractivity contribution is 7.80. The summed E-state index contributed by atoms with van der Waals surface area (Å²) in [6, 6.07) is 7.66. The molecule has 13 heavy (non-hydrogen) atoms. The highest BCUT2D eigenvalue weighted by atomic mass is 32.1. The molecule has 0 aliphatic carbocycles. The summed E-state index contributed by atoms with van der Waals surface area (Å²) in [6.07, 6.45) is 1.00. The molecule has 1 atom stereocenters. The molecule has 0 heterocycles. The number of ketones is 1. The Kier molecular flexibility index (Phi) is 3.55. The Balaban J connectivity index is 2.87. The van der Waals surface area contributed by atoms with E-state index in [0.29, 0.717) is 0 Å². The van der Waals surface area contributed by atoms with Crippen LogP contribution in [0.15, 0.2) is 24.3 Å². The molecule has 0 radical (unpaired) electrons. The first kappa shape index (κ1) is 10.3. The molecule has 2 heteroatoms. The molecule has 0 aromatic heterocycles. The van der Waals surface area contributed by atoms with Crippen molar-refractivity contribution in [1.82, 2.24) is 0 Å². The number of benzene rings is 1. The normalized spacial score (nSPS) is 12.5. The van der Waals surface area contributed by atoms with Crippen LogP contribution in [0.1, 0.15) is 41.4 Å². The number of carbonyl (C=O) groups excluding carboxylic acids is 1. The molecule has 0 bridgehead atoms. The number of hydrogen-bond donors (Lipinski definition) is 1. The van der Waals surface area contributed by atoms with Crippen LogP contribution in [0.3, 0.4) is 0 Å². The first-order valence-corrected chi connectivity index (χ1v) is 4.95. The first-order chi connectivity index (χ1) is 6.15. The van der Waals surface area contributed by atoms with Gasteiger partial charge < -0.3 is 0 Å². The quantitative estimate of drug-likeness (QED) is 0.577. The molecule has 1 unspecified atom stereocenters. The van der Waals surface area contributed by atoms with E-state index in [0.717, 1.165) is 12.0 Å². The van der Waals surface area contributed by atoms with E-state index in [1.54, 1.807) is 6.92 Å². The van der Waals surface area contributed by atoms with Crippen LogP contribution < -0.4 is 0 Å². The van der Waals surface area contributed by atoms with E-state index < -0.39 is 0 Å². The van der Waals surface area contributed by atoms with Gasteiger partial charge in [0, 0.05) is 10.8 Å². The van der Waals surface area contributed by atoms with Crippen LogP contribution in [0.25, 0.3) is 0 Å². The fraction of sp³-hybridized carbons (Fsp3) is 0.364. The van der Waals surface area contributed by atoms with Crippen molar-refractivity contribution >= 4 is 18.4 Å². The highest BCUT2D eigenvalue weighted by Gasteiger charge is 2.04. The van der Waals surface area contributed by atoms with Crippen molar-refractivity contribution in [3.63, 3.8) is 0 Å². The first-order valence-electron chi connectivity index (χ1n) is 4.44. The number of hydrogen-bond acceptors (Lipinski definition) is 2. The van der Waals surface area contributed by atoms with Crippen LogP contribution in [-0.2, 0) is 0 Å². The molecule has 70 valence electrons. The van der Waals surface area contributed by atoms with Gasteiger partial charge in [0.2, 0.25) is 0 Å². The van der Waals surface area contributed by atoms with Gasteiger partial charge in [0.1, 0.15) is 0 Å². The zero-order valence-electron chi connectivity index (χ0n) is 7.95. The van der Waals surface area contributed by atoms with Crippen LogP contribution in [0.2, 0.25) is 0 Å². The molecule has 0 aliphatic heterocycles. The van der Waals surface area contributed by atoms with Crippen LogP contribution in [0.5, 0.6) is 0 Å². The van der Waals surface area contributed by atoms with Crippen LogP contribution in [0, 0.1) is 0 Å². The van der Waals surface area contributed by atoms with E-state index in [1.165, 1.54) is 5.56 Å². The van der Waals surface area contributed by atoms with Crippen LogP contribution in [0.4, 0.5) is 0 Å². The van der Waals surface area contributed by atoms with Gasteiger partial charge in [-0.3, -0.25) is 4.79 Å². The summed E-state index contributed by atoms with van der Waals surface area (Å²) >= 11 is 4.42. The Labute approximate surface area is 84.6 Å². The summed E-state index contributed by atoms with van der Waals surface area (Å²) in [7, 11) is 0. The Morgan fingerprint density at radius 1 is 1.38 bits per heavy atom. The van der Waals surface area contributed by atoms with Crippen molar-refractivity contribution in [2.24, 2.45) is 0 Å². The maximum atomic E-state index is 11.0. The fourth-order valence-corrected chi connectivity index (χ4v) is 1.35. The van der Waals surface area contributed by atoms with Gasteiger partial charge in [0.25, 0.3) is 0 Å². The third kappa shape index (κ3) is 2.59. The van der Waals surface area contributed by atoms with E-state index >= 15 is 0 Å². The molecule has 1 aromatic rings. The largest absolute Gasteiger partial charge is 0.295 e. The van der Waals surface area contributed by atoms with E-state index in [2.05, 4.69) is 19.6 Å². The smallest absolute Gasteiger partial charge is 0.159 e. The van der Waals surface area contributed by atoms with Gasteiger partial charge in [-0.05, 0) is 18.9 Å². The summed E-state index contributed by atoms with van der Waals surface area (Å²) in [6.45, 7) is 3.67. The Morgan fingerprint density at radius 3 is 2.31 bits per heavy atom. The zero-order valence-corrected chi connectivity index (χ0v) is 8.84. The molecule has 1 nitrogen and oxygen atoms in total. The molecule has 0 N–H and O–H groups in total. The van der Waals surface area contributed by atoms with Crippen molar-refractivity contribution in [2.75, 3.05) is 0 Å². The van der Waals surface area contributed by atoms with Gasteiger partial charge in [0.15, 0.2) is 5.78 Å². The lowest BCUT2D eigenvalue weighted by Crippen LogP contribution is -1.93. The number of carbonyl (C=O) groups is 1. The van der Waals surface area contributed by atoms with Gasteiger partial charge in [0.05, 0.1) is 0 Å². The zero-order chi connectivity index (χ0) is 9.84. The number of rotatable bonds is 3. The minimum Gasteiger partial charge on any atom is -0.295 e. The molecule has 0 aliphatic rings. The molecular weight excluding hydrogens is 180 g/mol. The fourth-order valence-electron chi connectivity index (χ4n) is 1.18. The second-order valence-corrected chi connectivity index (χ2v) is 3.73. The lowest BCUT2D eigenvalue weighted by atomic mass is 10.1. The summed E-state index contributed by atoms with van der Waals surface area (Å²) in [5.41, 5.74) is 1.94. The molecule has 0 amide bonds. The maximum Gasteiger partial charge on any atom is 0.159 e. The molecule has 0 spiro atoms. The summed E-state index contributed by atoms with van der Waals surface area (Å²) in [5, 5.41) is 0.279. The van der Waals surface area contributed by atoms with Gasteiger partial charge in [-0.15, -0.1) is 0 Å². The molecule has 0 saturated heterocycles. The lowest BCUT2D eigenvalue weighted by molar-refractivity contribution is 0.101. The van der Waals surface area contributed by atoms with Crippen molar-refractivity contribution in [3.8, 4) is 0 Å². The predicted octanol–water partition coefficient (Wildman–Crippen LogP) is 3.27. The second-order valence-electron chi connectivity index (χ2n) is 3.10. The summed E-state index contributed by atoms with van der Waals surface area (Å²) < 4.78 is 0. The maximum absolute atomic E-state index is 11.0. The monoisotopic (exact) mass is 194 g/mol. The van der Waals surface area contributed by atoms with Gasteiger partial charge in [-0.25, -0.2) is 0 Å². The van der Waals surface area contributed by atoms with E-state index in [-0.39, 0.29) is 11.0 Å². The third-order valence-electron chi connectivity index (χ3n) is 2.09. The topological polar surface area (TPSA) is 17.1 Å². The van der Waals surface area contributed by atoms with Crippen molar-refractivity contribution in [2.45, 2.75) is 25.5 Å². The average molecular weight is 194 g/mol. The highest BCUT2D eigenvalue weighted by Crippen LogP contribution is 2.23. The van der Waals surface area contributed by atoms with Crippen molar-refractivity contribution in [3.05, 3.63) is 35.4 Å². The van der Waals surface area contributed by atoms with Gasteiger partial charge in [-0.1, -0.05) is 31.2 Å². The van der Waals surface area contributed by atoms with E-state index in [9.17, 15) is 4.79 Å². The van der Waals surface area contributed by atoms with Crippen molar-refractivity contribution < 1.29 is 4.79 Å². The van der Waals surface area contributed by atoms with Crippen molar-refractivity contribution in [1.29, 1.82) is 0 Å². The third-order valence-corrected chi connectivity index (χ3v) is 2.75. The Hall–Kier alpha value is -0.760. The molecule has 1 aromatic carbocycles. The minimum atomic E-state index is 0.110. The average Bonchev–Trinajstić information content (AvgIpc) is 2.17. The second kappa shape index (κ2) is 4.47. The van der Waals surface area contributed by atoms with E-state index in [1.807, 2.05) is 24.3 Å². The molecular formula is C11H14OS.